The van der Waals surface area contributed by atoms with Gasteiger partial charge in [0, 0.05) is 19.1 Å². The van der Waals surface area contributed by atoms with E-state index in [-0.39, 0.29) is 0 Å². The Kier molecular flexibility index (Phi) is 4.63. The minimum Gasteiger partial charge on any atom is -0.316 e. The highest BCUT2D eigenvalue weighted by Gasteiger charge is 1.95. The van der Waals surface area contributed by atoms with Gasteiger partial charge in [-0.15, -0.1) is 0 Å². The zero-order chi connectivity index (χ0) is 10.4. The van der Waals surface area contributed by atoms with E-state index in [4.69, 9.17) is 0 Å². The highest BCUT2D eigenvalue weighted by Crippen LogP contribution is 2.04. The fourth-order valence-corrected chi connectivity index (χ4v) is 1.30. The first-order chi connectivity index (χ1) is 6.72. The largest absolute Gasteiger partial charge is 0.316 e. The Labute approximate surface area is 86.7 Å². The number of hydrogen-bond acceptors (Lipinski definition) is 2. The van der Waals surface area contributed by atoms with Crippen molar-refractivity contribution in [3.63, 3.8) is 0 Å². The van der Waals surface area contributed by atoms with Crippen molar-refractivity contribution in [2.45, 2.75) is 33.0 Å². The van der Waals surface area contributed by atoms with Crippen molar-refractivity contribution in [2.24, 2.45) is 0 Å². The first-order valence-electron chi connectivity index (χ1n) is 5.18. The molecule has 0 aliphatic rings. The highest BCUT2D eigenvalue weighted by molar-refractivity contribution is 5.22. The Hall–Kier alpha value is -0.860. The van der Waals surface area contributed by atoms with E-state index in [1.165, 1.54) is 11.1 Å². The summed E-state index contributed by atoms with van der Waals surface area (Å²) in [7, 11) is 1.97. The van der Waals surface area contributed by atoms with Crippen LogP contribution < -0.4 is 10.6 Å². The van der Waals surface area contributed by atoms with Gasteiger partial charge in [0.2, 0.25) is 0 Å². The zero-order valence-corrected chi connectivity index (χ0v) is 9.30. The predicted molar refractivity (Wildman–Crippen MR) is 61.2 cm³/mol. The fraction of sp³-hybridized carbons (Fsp3) is 0.500. The molecule has 1 aromatic rings. The molecule has 0 heterocycles. The molecule has 1 rings (SSSR count). The normalized spacial score (nSPS) is 10.9. The number of nitrogens with one attached hydrogen (secondary N) is 2. The van der Waals surface area contributed by atoms with Crippen LogP contribution in [0, 0.1) is 0 Å². The summed E-state index contributed by atoms with van der Waals surface area (Å²) < 4.78 is 0. The predicted octanol–water partition coefficient (Wildman–Crippen LogP) is 1.90. The molecule has 1 aromatic carbocycles. The van der Waals surface area contributed by atoms with Crippen LogP contribution in [0.15, 0.2) is 24.3 Å². The molecule has 2 heteroatoms. The Balaban J connectivity index is 2.46. The van der Waals surface area contributed by atoms with Crippen molar-refractivity contribution in [1.29, 1.82) is 0 Å². The molecule has 0 aliphatic carbocycles. The van der Waals surface area contributed by atoms with Crippen LogP contribution in [0.25, 0.3) is 0 Å². The van der Waals surface area contributed by atoms with Crippen molar-refractivity contribution in [2.75, 3.05) is 7.05 Å². The molecule has 2 nitrogen and oxygen atoms in total. The molecule has 0 spiro atoms. The monoisotopic (exact) mass is 192 g/mol. The summed E-state index contributed by atoms with van der Waals surface area (Å²) in [4.78, 5) is 0. The molecular weight excluding hydrogens is 172 g/mol. The maximum absolute atomic E-state index is 3.40. The van der Waals surface area contributed by atoms with Crippen LogP contribution >= 0.6 is 0 Å². The van der Waals surface area contributed by atoms with Gasteiger partial charge in [-0.25, -0.2) is 0 Å². The second-order valence-electron chi connectivity index (χ2n) is 3.88. The van der Waals surface area contributed by atoms with Crippen LogP contribution in [0.3, 0.4) is 0 Å². The molecular formula is C12H20N2. The van der Waals surface area contributed by atoms with Crippen LogP contribution in [0.2, 0.25) is 0 Å². The van der Waals surface area contributed by atoms with Gasteiger partial charge < -0.3 is 10.6 Å². The van der Waals surface area contributed by atoms with Gasteiger partial charge >= 0.3 is 0 Å². The number of hydrogen-bond donors (Lipinski definition) is 2. The third-order valence-corrected chi connectivity index (χ3v) is 2.12. The lowest BCUT2D eigenvalue weighted by atomic mass is 10.1. The third-order valence-electron chi connectivity index (χ3n) is 2.12. The molecule has 0 aromatic heterocycles. The van der Waals surface area contributed by atoms with Crippen molar-refractivity contribution in [1.82, 2.24) is 10.6 Å². The van der Waals surface area contributed by atoms with E-state index in [0.717, 1.165) is 13.1 Å². The Morgan fingerprint density at radius 2 is 1.50 bits per heavy atom. The molecule has 78 valence electrons. The maximum atomic E-state index is 3.40. The third kappa shape index (κ3) is 3.90. The summed E-state index contributed by atoms with van der Waals surface area (Å²) in [5, 5.41) is 6.54. The number of benzene rings is 1. The van der Waals surface area contributed by atoms with Crippen LogP contribution in [0.5, 0.6) is 0 Å². The first-order valence-corrected chi connectivity index (χ1v) is 5.18. The molecule has 0 aliphatic heterocycles. The van der Waals surface area contributed by atoms with Gasteiger partial charge in [0.25, 0.3) is 0 Å². The molecule has 0 amide bonds. The minimum atomic E-state index is 0.548. The van der Waals surface area contributed by atoms with E-state index < -0.39 is 0 Å². The zero-order valence-electron chi connectivity index (χ0n) is 9.30. The van der Waals surface area contributed by atoms with Crippen molar-refractivity contribution < 1.29 is 0 Å². The van der Waals surface area contributed by atoms with Gasteiger partial charge in [-0.3, -0.25) is 0 Å². The SMILES string of the molecule is CNCc1ccc(CNC(C)C)cc1. The van der Waals surface area contributed by atoms with E-state index >= 15 is 0 Å². The summed E-state index contributed by atoms with van der Waals surface area (Å²) in [6.45, 7) is 6.22. The Morgan fingerprint density at radius 3 is 1.93 bits per heavy atom. The van der Waals surface area contributed by atoms with E-state index in [9.17, 15) is 0 Å². The summed E-state index contributed by atoms with van der Waals surface area (Å²) in [6.07, 6.45) is 0. The average molecular weight is 192 g/mol. The van der Waals surface area contributed by atoms with Crippen LogP contribution in [-0.2, 0) is 13.1 Å². The molecule has 0 saturated carbocycles. The van der Waals surface area contributed by atoms with Gasteiger partial charge in [0.05, 0.1) is 0 Å². The average Bonchev–Trinajstić information content (AvgIpc) is 2.17. The lowest BCUT2D eigenvalue weighted by molar-refractivity contribution is 0.588. The molecule has 0 bridgehead atoms. The van der Waals surface area contributed by atoms with E-state index in [1.54, 1.807) is 0 Å². The van der Waals surface area contributed by atoms with Gasteiger partial charge in [0.15, 0.2) is 0 Å². The van der Waals surface area contributed by atoms with Crippen LogP contribution in [0.4, 0.5) is 0 Å². The first kappa shape index (κ1) is 11.2. The summed E-state index contributed by atoms with van der Waals surface area (Å²) in [6, 6.07) is 9.26. The Morgan fingerprint density at radius 1 is 1.00 bits per heavy atom. The van der Waals surface area contributed by atoms with Crippen molar-refractivity contribution in [3.05, 3.63) is 35.4 Å². The lowest BCUT2D eigenvalue weighted by Gasteiger charge is -2.08. The number of rotatable bonds is 5. The second-order valence-corrected chi connectivity index (χ2v) is 3.88. The van der Waals surface area contributed by atoms with Gasteiger partial charge in [-0.2, -0.15) is 0 Å². The summed E-state index contributed by atoms with van der Waals surface area (Å²) >= 11 is 0. The molecule has 0 fully saturated rings. The van der Waals surface area contributed by atoms with Gasteiger partial charge in [-0.1, -0.05) is 38.1 Å². The van der Waals surface area contributed by atoms with Crippen LogP contribution in [0.1, 0.15) is 25.0 Å². The van der Waals surface area contributed by atoms with E-state index in [1.807, 2.05) is 7.05 Å². The van der Waals surface area contributed by atoms with Crippen molar-refractivity contribution >= 4 is 0 Å². The van der Waals surface area contributed by atoms with Crippen molar-refractivity contribution in [3.8, 4) is 0 Å². The van der Waals surface area contributed by atoms with E-state index in [0.29, 0.717) is 6.04 Å². The summed E-state index contributed by atoms with van der Waals surface area (Å²) in [5.74, 6) is 0. The quantitative estimate of drug-likeness (QED) is 0.744. The molecule has 2 N–H and O–H groups in total. The standard InChI is InChI=1S/C12H20N2/c1-10(2)14-9-12-6-4-11(5-7-12)8-13-3/h4-7,10,13-14H,8-9H2,1-3H3. The fourth-order valence-electron chi connectivity index (χ4n) is 1.30. The van der Waals surface area contributed by atoms with E-state index in [2.05, 4.69) is 48.7 Å². The molecule has 0 atom stereocenters. The molecule has 0 radical (unpaired) electrons. The smallest absolute Gasteiger partial charge is 0.0207 e. The molecule has 0 saturated heterocycles. The van der Waals surface area contributed by atoms with Gasteiger partial charge in [0.1, 0.15) is 0 Å². The van der Waals surface area contributed by atoms with Crippen LogP contribution in [-0.4, -0.2) is 13.1 Å². The lowest BCUT2D eigenvalue weighted by Crippen LogP contribution is -2.21. The minimum absolute atomic E-state index is 0.548. The molecule has 0 unspecified atom stereocenters. The second kappa shape index (κ2) is 5.78. The van der Waals surface area contributed by atoms with Gasteiger partial charge in [-0.05, 0) is 18.2 Å². The maximum Gasteiger partial charge on any atom is 0.0207 e. The Bertz CT molecular complexity index is 252. The molecule has 14 heavy (non-hydrogen) atoms. The topological polar surface area (TPSA) is 24.1 Å². The summed E-state index contributed by atoms with van der Waals surface area (Å²) in [5.41, 5.74) is 2.68. The highest BCUT2D eigenvalue weighted by atomic mass is 14.9.